The topological polar surface area (TPSA) is 47.3 Å². The highest BCUT2D eigenvalue weighted by atomic mass is 16.5. The third-order valence-electron chi connectivity index (χ3n) is 3.96. The van der Waals surface area contributed by atoms with E-state index >= 15 is 0 Å². The van der Waals surface area contributed by atoms with E-state index in [1.807, 2.05) is 0 Å². The van der Waals surface area contributed by atoms with Gasteiger partial charge in [0.25, 0.3) is 0 Å². The molecule has 2 fully saturated rings. The first-order valence-electron chi connectivity index (χ1n) is 6.24. The maximum Gasteiger partial charge on any atom is 0.0645 e. The first kappa shape index (κ1) is 11.4. The summed E-state index contributed by atoms with van der Waals surface area (Å²) in [6.45, 7) is 5.08. The molecule has 1 aliphatic carbocycles. The quantitative estimate of drug-likeness (QED) is 0.741. The van der Waals surface area contributed by atoms with Gasteiger partial charge < -0.3 is 15.8 Å². The molecule has 1 unspecified atom stereocenters. The summed E-state index contributed by atoms with van der Waals surface area (Å²) < 4.78 is 5.51. The Labute approximate surface area is 92.7 Å². The highest BCUT2D eigenvalue weighted by molar-refractivity contribution is 4.94. The summed E-state index contributed by atoms with van der Waals surface area (Å²) in [5.74, 6) is 0. The van der Waals surface area contributed by atoms with Crippen molar-refractivity contribution in [2.24, 2.45) is 5.73 Å². The summed E-state index contributed by atoms with van der Waals surface area (Å²) >= 11 is 0. The van der Waals surface area contributed by atoms with Crippen molar-refractivity contribution in [2.75, 3.05) is 19.8 Å². The van der Waals surface area contributed by atoms with Gasteiger partial charge in [-0.25, -0.2) is 0 Å². The molecule has 0 spiro atoms. The number of nitrogens with one attached hydrogen (secondary N) is 1. The van der Waals surface area contributed by atoms with Crippen LogP contribution in [0, 0.1) is 0 Å². The van der Waals surface area contributed by atoms with Crippen molar-refractivity contribution in [1.82, 2.24) is 5.32 Å². The van der Waals surface area contributed by atoms with Crippen molar-refractivity contribution >= 4 is 0 Å². The molecule has 1 saturated heterocycles. The minimum atomic E-state index is 0.152. The van der Waals surface area contributed by atoms with Crippen LogP contribution < -0.4 is 11.1 Å². The lowest BCUT2D eigenvalue weighted by atomic mass is 9.75. The highest BCUT2D eigenvalue weighted by Crippen LogP contribution is 2.32. The van der Waals surface area contributed by atoms with Crippen LogP contribution in [0.2, 0.25) is 0 Å². The average molecular weight is 212 g/mol. The second kappa shape index (κ2) is 4.40. The summed E-state index contributed by atoms with van der Waals surface area (Å²) in [4.78, 5) is 0. The lowest BCUT2D eigenvalue weighted by Crippen LogP contribution is -2.53. The third kappa shape index (κ3) is 2.92. The lowest BCUT2D eigenvalue weighted by molar-refractivity contribution is 0.0272. The predicted molar refractivity (Wildman–Crippen MR) is 61.8 cm³/mol. The molecule has 88 valence electrons. The predicted octanol–water partition coefficient (Wildman–Crippen LogP) is 1.42. The average Bonchev–Trinajstić information content (AvgIpc) is 2.16. The summed E-state index contributed by atoms with van der Waals surface area (Å²) in [5, 5.41) is 3.62. The zero-order valence-corrected chi connectivity index (χ0v) is 9.85. The molecule has 0 bridgehead atoms. The van der Waals surface area contributed by atoms with Crippen molar-refractivity contribution in [2.45, 2.75) is 56.5 Å². The van der Waals surface area contributed by atoms with Gasteiger partial charge in [-0.2, -0.15) is 0 Å². The molecule has 2 aliphatic rings. The van der Waals surface area contributed by atoms with Gasteiger partial charge in [0.05, 0.1) is 6.61 Å². The van der Waals surface area contributed by atoms with Crippen molar-refractivity contribution in [3.63, 3.8) is 0 Å². The Balaban J connectivity index is 1.67. The zero-order valence-electron chi connectivity index (χ0n) is 9.85. The van der Waals surface area contributed by atoms with Gasteiger partial charge in [-0.1, -0.05) is 0 Å². The van der Waals surface area contributed by atoms with E-state index < -0.39 is 0 Å². The molecule has 0 radical (unpaired) electrons. The Kier molecular flexibility index (Phi) is 3.33. The van der Waals surface area contributed by atoms with Gasteiger partial charge in [-0.3, -0.25) is 0 Å². The highest BCUT2D eigenvalue weighted by Gasteiger charge is 2.33. The summed E-state index contributed by atoms with van der Waals surface area (Å²) in [5.41, 5.74) is 6.53. The molecule has 3 N–H and O–H groups in total. The number of hydrogen-bond donors (Lipinski definition) is 2. The normalized spacial score (nSPS) is 34.8. The van der Waals surface area contributed by atoms with E-state index in [9.17, 15) is 0 Å². The minimum Gasteiger partial charge on any atom is -0.380 e. The van der Waals surface area contributed by atoms with Crippen molar-refractivity contribution < 1.29 is 4.74 Å². The van der Waals surface area contributed by atoms with E-state index in [0.717, 1.165) is 26.2 Å². The van der Waals surface area contributed by atoms with Crippen LogP contribution in [0.5, 0.6) is 0 Å². The number of ether oxygens (including phenoxy) is 1. The number of nitrogens with two attached hydrogens (primary N) is 1. The fourth-order valence-electron chi connectivity index (χ4n) is 2.57. The molecule has 0 amide bonds. The van der Waals surface area contributed by atoms with Crippen molar-refractivity contribution in [1.29, 1.82) is 0 Å². The molecule has 0 aromatic heterocycles. The molecule has 0 aromatic rings. The van der Waals surface area contributed by atoms with Crippen LogP contribution in [0.25, 0.3) is 0 Å². The van der Waals surface area contributed by atoms with E-state index in [4.69, 9.17) is 10.5 Å². The maximum atomic E-state index is 6.19. The van der Waals surface area contributed by atoms with Gasteiger partial charge in [-0.05, 0) is 52.0 Å². The van der Waals surface area contributed by atoms with E-state index in [-0.39, 0.29) is 11.1 Å². The van der Waals surface area contributed by atoms with Crippen LogP contribution in [-0.4, -0.2) is 30.8 Å². The molecule has 1 heterocycles. The molecular weight excluding hydrogens is 188 g/mol. The monoisotopic (exact) mass is 212 g/mol. The Morgan fingerprint density at radius 1 is 1.27 bits per heavy atom. The molecule has 1 saturated carbocycles. The van der Waals surface area contributed by atoms with Crippen LogP contribution in [0.4, 0.5) is 0 Å². The molecule has 1 atom stereocenters. The zero-order chi connectivity index (χ0) is 10.8. The Morgan fingerprint density at radius 2 is 2.07 bits per heavy atom. The van der Waals surface area contributed by atoms with Gasteiger partial charge in [-0.15, -0.1) is 0 Å². The van der Waals surface area contributed by atoms with Gasteiger partial charge in [0.15, 0.2) is 0 Å². The Hall–Kier alpha value is -0.120. The molecule has 1 aliphatic heterocycles. The Bertz CT molecular complexity index is 208. The van der Waals surface area contributed by atoms with E-state index in [0.29, 0.717) is 0 Å². The fourth-order valence-corrected chi connectivity index (χ4v) is 2.57. The molecule has 2 rings (SSSR count). The smallest absolute Gasteiger partial charge is 0.0645 e. The number of rotatable bonds is 4. The molecule has 3 heteroatoms. The summed E-state index contributed by atoms with van der Waals surface area (Å²) in [6, 6.07) is 0. The maximum absolute atomic E-state index is 6.19. The van der Waals surface area contributed by atoms with E-state index in [1.54, 1.807) is 0 Å². The molecule has 0 aromatic carbocycles. The number of hydrogen-bond acceptors (Lipinski definition) is 3. The van der Waals surface area contributed by atoms with Crippen LogP contribution in [0.3, 0.4) is 0 Å². The molecular formula is C12H24N2O. The summed E-state index contributed by atoms with van der Waals surface area (Å²) in [6.07, 6.45) is 7.26. The van der Waals surface area contributed by atoms with E-state index in [1.165, 1.54) is 32.1 Å². The van der Waals surface area contributed by atoms with Crippen molar-refractivity contribution in [3.8, 4) is 0 Å². The lowest BCUT2D eigenvalue weighted by Gasteiger charge is -2.40. The van der Waals surface area contributed by atoms with Crippen LogP contribution in [-0.2, 0) is 4.74 Å². The standard InChI is InChI=1S/C12H24N2O/c1-11(4-3-9-15-10-11)14-8-7-12(13)5-2-6-12/h14H,2-10,13H2,1H3. The first-order chi connectivity index (χ1) is 7.12. The first-order valence-corrected chi connectivity index (χ1v) is 6.24. The van der Waals surface area contributed by atoms with Crippen molar-refractivity contribution in [3.05, 3.63) is 0 Å². The van der Waals surface area contributed by atoms with Gasteiger partial charge >= 0.3 is 0 Å². The third-order valence-corrected chi connectivity index (χ3v) is 3.96. The SMILES string of the molecule is CC1(NCCC2(N)CCC2)CCCOC1. The van der Waals surface area contributed by atoms with Gasteiger partial charge in [0, 0.05) is 17.7 Å². The Morgan fingerprint density at radius 3 is 2.60 bits per heavy atom. The minimum absolute atomic E-state index is 0.152. The largest absolute Gasteiger partial charge is 0.380 e. The summed E-state index contributed by atoms with van der Waals surface area (Å²) in [7, 11) is 0. The van der Waals surface area contributed by atoms with E-state index in [2.05, 4.69) is 12.2 Å². The van der Waals surface area contributed by atoms with Crippen LogP contribution in [0.15, 0.2) is 0 Å². The molecule has 3 nitrogen and oxygen atoms in total. The second-order valence-electron chi connectivity index (χ2n) is 5.61. The van der Waals surface area contributed by atoms with Gasteiger partial charge in [0.1, 0.15) is 0 Å². The van der Waals surface area contributed by atoms with Crippen LogP contribution >= 0.6 is 0 Å². The molecule has 15 heavy (non-hydrogen) atoms. The fraction of sp³-hybridized carbons (Fsp3) is 1.00. The van der Waals surface area contributed by atoms with Crippen LogP contribution in [0.1, 0.15) is 45.4 Å². The van der Waals surface area contributed by atoms with Gasteiger partial charge in [0.2, 0.25) is 0 Å². The second-order valence-corrected chi connectivity index (χ2v) is 5.61.